The van der Waals surface area contributed by atoms with E-state index >= 15 is 0 Å². The number of thioether (sulfide) groups is 1. The number of anilines is 1. The molecule has 1 aliphatic rings. The summed E-state index contributed by atoms with van der Waals surface area (Å²) >= 11 is 2.90. The summed E-state index contributed by atoms with van der Waals surface area (Å²) in [6, 6.07) is 8.42. The maximum atomic E-state index is 12.8. The fraction of sp³-hybridized carbons (Fsp3) is 0.462. The summed E-state index contributed by atoms with van der Waals surface area (Å²) in [6.45, 7) is 8.74. The van der Waals surface area contributed by atoms with Gasteiger partial charge in [0.1, 0.15) is 16.8 Å². The number of thiophene rings is 1. The van der Waals surface area contributed by atoms with Crippen LogP contribution in [0.15, 0.2) is 23.4 Å². The monoisotopic (exact) mass is 509 g/mol. The Balaban J connectivity index is 1.41. The van der Waals surface area contributed by atoms with Crippen LogP contribution in [0.25, 0.3) is 0 Å². The Hall–Kier alpha value is -2.83. The Kier molecular flexibility index (Phi) is 8.14. The number of hydrogen-bond donors (Lipinski definition) is 1. The first-order valence-corrected chi connectivity index (χ1v) is 13.9. The van der Waals surface area contributed by atoms with Gasteiger partial charge in [-0.15, -0.1) is 21.5 Å². The molecule has 35 heavy (non-hydrogen) atoms. The number of nitrogens with one attached hydrogen (secondary N) is 1. The standard InChI is InChI=1S/C26H31N5O2S2/c1-5-31-24(18(4)33-21-12-11-16(2)13-17(21)3)29-30-26(31)34-15-23(32)28-25-20(14-27)19-9-7-6-8-10-22(19)35-25/h11-13,18H,5-10,15H2,1-4H3,(H,28,32). The highest BCUT2D eigenvalue weighted by Crippen LogP contribution is 2.37. The van der Waals surface area contributed by atoms with Gasteiger partial charge in [-0.1, -0.05) is 35.9 Å². The summed E-state index contributed by atoms with van der Waals surface area (Å²) in [4.78, 5) is 14.0. The van der Waals surface area contributed by atoms with Crippen molar-refractivity contribution < 1.29 is 9.53 Å². The van der Waals surface area contributed by atoms with Gasteiger partial charge >= 0.3 is 0 Å². The van der Waals surface area contributed by atoms with Crippen molar-refractivity contribution >= 4 is 34.0 Å². The van der Waals surface area contributed by atoms with Crippen molar-refractivity contribution in [2.75, 3.05) is 11.1 Å². The minimum atomic E-state index is -0.285. The Morgan fingerprint density at radius 2 is 2.09 bits per heavy atom. The van der Waals surface area contributed by atoms with Crippen LogP contribution in [0, 0.1) is 25.2 Å². The van der Waals surface area contributed by atoms with E-state index in [1.54, 1.807) is 11.3 Å². The van der Waals surface area contributed by atoms with E-state index in [0.29, 0.717) is 22.3 Å². The summed E-state index contributed by atoms with van der Waals surface area (Å²) in [5.74, 6) is 1.60. The molecule has 2 aromatic heterocycles. The third kappa shape index (κ3) is 5.71. The number of nitriles is 1. The molecule has 4 rings (SSSR count). The van der Waals surface area contributed by atoms with Crippen molar-refractivity contribution in [3.63, 3.8) is 0 Å². The van der Waals surface area contributed by atoms with Crippen LogP contribution in [-0.4, -0.2) is 26.4 Å². The van der Waals surface area contributed by atoms with E-state index in [1.165, 1.54) is 28.6 Å². The second kappa shape index (κ2) is 11.3. The molecule has 0 fully saturated rings. The minimum Gasteiger partial charge on any atom is -0.482 e. The van der Waals surface area contributed by atoms with Gasteiger partial charge in [-0.3, -0.25) is 4.79 Å². The minimum absolute atomic E-state index is 0.144. The molecule has 0 aliphatic heterocycles. The molecular weight excluding hydrogens is 478 g/mol. The van der Waals surface area contributed by atoms with E-state index in [0.717, 1.165) is 48.4 Å². The summed E-state index contributed by atoms with van der Waals surface area (Å²) in [7, 11) is 0. The summed E-state index contributed by atoms with van der Waals surface area (Å²) in [6.07, 6.45) is 5.06. The number of nitrogens with zero attached hydrogens (tertiary/aromatic N) is 4. The van der Waals surface area contributed by atoms with Crippen molar-refractivity contribution in [1.29, 1.82) is 5.26 Å². The van der Waals surface area contributed by atoms with Crippen molar-refractivity contribution in [2.24, 2.45) is 0 Å². The lowest BCUT2D eigenvalue weighted by molar-refractivity contribution is -0.113. The molecule has 0 spiro atoms. The van der Waals surface area contributed by atoms with E-state index in [-0.39, 0.29) is 17.8 Å². The van der Waals surface area contributed by atoms with Gasteiger partial charge in [-0.2, -0.15) is 5.26 Å². The smallest absolute Gasteiger partial charge is 0.235 e. The normalized spacial score (nSPS) is 14.0. The second-order valence-electron chi connectivity index (χ2n) is 8.83. The van der Waals surface area contributed by atoms with Gasteiger partial charge in [0.15, 0.2) is 17.1 Å². The predicted molar refractivity (Wildman–Crippen MR) is 140 cm³/mol. The van der Waals surface area contributed by atoms with Crippen LogP contribution in [0.1, 0.15) is 72.2 Å². The molecule has 1 aliphatic carbocycles. The van der Waals surface area contributed by atoms with Crippen molar-refractivity contribution in [2.45, 2.75) is 77.6 Å². The highest BCUT2D eigenvalue weighted by molar-refractivity contribution is 7.99. The topological polar surface area (TPSA) is 92.8 Å². The number of ether oxygens (including phenoxy) is 1. The first-order valence-electron chi connectivity index (χ1n) is 12.1. The van der Waals surface area contributed by atoms with Crippen LogP contribution >= 0.6 is 23.1 Å². The molecule has 1 atom stereocenters. The quantitative estimate of drug-likeness (QED) is 0.296. The third-order valence-corrected chi connectivity index (χ3v) is 8.35. The maximum absolute atomic E-state index is 12.8. The summed E-state index contributed by atoms with van der Waals surface area (Å²) < 4.78 is 8.17. The van der Waals surface area contributed by atoms with Crippen molar-refractivity contribution in [1.82, 2.24) is 14.8 Å². The number of aromatic nitrogens is 3. The first-order chi connectivity index (χ1) is 16.9. The zero-order valence-electron chi connectivity index (χ0n) is 20.7. The van der Waals surface area contributed by atoms with Gasteiger partial charge in [0.2, 0.25) is 5.91 Å². The molecule has 184 valence electrons. The predicted octanol–water partition coefficient (Wildman–Crippen LogP) is 5.99. The number of hydrogen-bond acceptors (Lipinski definition) is 7. The van der Waals surface area contributed by atoms with Gasteiger partial charge in [0.05, 0.1) is 11.3 Å². The Bertz CT molecular complexity index is 1260. The number of fused-ring (bicyclic) bond motifs is 1. The van der Waals surface area contributed by atoms with Gasteiger partial charge in [0, 0.05) is 11.4 Å². The molecule has 0 saturated heterocycles. The molecular formula is C26H31N5O2S2. The highest BCUT2D eigenvalue weighted by Gasteiger charge is 2.23. The van der Waals surface area contributed by atoms with Crippen LogP contribution in [0.5, 0.6) is 5.75 Å². The molecule has 7 nitrogen and oxygen atoms in total. The number of carbonyl (C=O) groups excluding carboxylic acids is 1. The van der Waals surface area contributed by atoms with Crippen LogP contribution in [0.2, 0.25) is 0 Å². The van der Waals surface area contributed by atoms with E-state index in [9.17, 15) is 10.1 Å². The van der Waals surface area contributed by atoms with Gasteiger partial charge < -0.3 is 14.6 Å². The fourth-order valence-electron chi connectivity index (χ4n) is 4.42. The van der Waals surface area contributed by atoms with E-state index in [4.69, 9.17) is 4.74 Å². The maximum Gasteiger partial charge on any atom is 0.235 e. The van der Waals surface area contributed by atoms with Gasteiger partial charge in [-0.05, 0) is 70.6 Å². The number of rotatable bonds is 8. The average molecular weight is 510 g/mol. The van der Waals surface area contributed by atoms with E-state index in [1.807, 2.05) is 37.5 Å². The number of aryl methyl sites for hydroxylation is 3. The van der Waals surface area contributed by atoms with Crippen LogP contribution in [0.4, 0.5) is 5.00 Å². The number of benzene rings is 1. The largest absolute Gasteiger partial charge is 0.482 e. The summed E-state index contributed by atoms with van der Waals surface area (Å²) in [5.41, 5.74) is 4.04. The molecule has 2 heterocycles. The molecule has 1 unspecified atom stereocenters. The van der Waals surface area contributed by atoms with Crippen LogP contribution in [-0.2, 0) is 24.2 Å². The molecule has 0 bridgehead atoms. The molecule has 1 aromatic carbocycles. The molecule has 0 saturated carbocycles. The summed E-state index contributed by atoms with van der Waals surface area (Å²) in [5, 5.41) is 22.7. The molecule has 3 aromatic rings. The number of amides is 1. The second-order valence-corrected chi connectivity index (χ2v) is 10.9. The SMILES string of the molecule is CCn1c(SCC(=O)Nc2sc3c(c2C#N)CCCCC3)nnc1C(C)Oc1ccc(C)cc1C. The third-order valence-electron chi connectivity index (χ3n) is 6.18. The molecule has 1 amide bonds. The Labute approximate surface area is 214 Å². The van der Waals surface area contributed by atoms with Crippen LogP contribution in [0.3, 0.4) is 0 Å². The Morgan fingerprint density at radius 1 is 1.29 bits per heavy atom. The number of carbonyl (C=O) groups is 1. The lowest BCUT2D eigenvalue weighted by Gasteiger charge is -2.17. The average Bonchev–Trinajstić information content (AvgIpc) is 3.31. The lowest BCUT2D eigenvalue weighted by atomic mass is 10.1. The molecule has 1 N–H and O–H groups in total. The zero-order valence-corrected chi connectivity index (χ0v) is 22.3. The molecule has 9 heteroatoms. The van der Waals surface area contributed by atoms with Gasteiger partial charge in [-0.25, -0.2) is 0 Å². The van der Waals surface area contributed by atoms with E-state index < -0.39 is 0 Å². The molecule has 0 radical (unpaired) electrons. The fourth-order valence-corrected chi connectivity index (χ4v) is 6.49. The highest BCUT2D eigenvalue weighted by atomic mass is 32.2. The van der Waals surface area contributed by atoms with Gasteiger partial charge in [0.25, 0.3) is 0 Å². The van der Waals surface area contributed by atoms with Crippen molar-refractivity contribution in [3.8, 4) is 11.8 Å². The van der Waals surface area contributed by atoms with Crippen molar-refractivity contribution in [3.05, 3.63) is 51.2 Å². The zero-order chi connectivity index (χ0) is 24.9. The Morgan fingerprint density at radius 3 is 2.83 bits per heavy atom. The first kappa shape index (κ1) is 25.3. The lowest BCUT2D eigenvalue weighted by Crippen LogP contribution is -2.15. The van der Waals surface area contributed by atoms with Crippen LogP contribution < -0.4 is 10.1 Å². The van der Waals surface area contributed by atoms with E-state index in [2.05, 4.69) is 34.6 Å².